The van der Waals surface area contributed by atoms with E-state index in [1.165, 1.54) is 0 Å². The van der Waals surface area contributed by atoms with Crippen LogP contribution in [0.5, 0.6) is 0 Å². The maximum atomic E-state index is 16.3. The van der Waals surface area contributed by atoms with Crippen LogP contribution in [0.15, 0.2) is 121 Å². The number of benzene rings is 4. The fraction of sp³-hybridized carbons (Fsp3) is 0.333. The van der Waals surface area contributed by atoms with Crippen LogP contribution in [-0.4, -0.2) is 71.4 Å². The molecule has 270 valence electrons. The summed E-state index contributed by atoms with van der Waals surface area (Å²) in [5.74, 6) is -5.72. The Morgan fingerprint density at radius 1 is 0.706 bits per heavy atom. The van der Waals surface area contributed by atoms with Gasteiger partial charge in [0.2, 0.25) is 0 Å². The minimum absolute atomic E-state index is 0.0454. The van der Waals surface area contributed by atoms with E-state index in [0.717, 1.165) is 16.7 Å². The van der Waals surface area contributed by atoms with Gasteiger partial charge in [-0.05, 0) is 22.3 Å². The van der Waals surface area contributed by atoms with Crippen molar-refractivity contribution in [1.82, 2.24) is 5.32 Å². The van der Waals surface area contributed by atoms with Crippen LogP contribution in [0.3, 0.4) is 0 Å². The summed E-state index contributed by atoms with van der Waals surface area (Å²) in [6.45, 7) is -0.267. The molecule has 1 aliphatic rings. The molecule has 0 aromatic heterocycles. The average Bonchev–Trinajstić information content (AvgIpc) is 3.14. The van der Waals surface area contributed by atoms with Gasteiger partial charge in [0.1, 0.15) is 43.2 Å². The highest BCUT2D eigenvalue weighted by molar-refractivity contribution is 5.80. The lowest BCUT2D eigenvalue weighted by molar-refractivity contribution is -0.301. The second-order valence-electron chi connectivity index (χ2n) is 12.2. The van der Waals surface area contributed by atoms with Crippen molar-refractivity contribution in [3.8, 4) is 0 Å². The Bertz CT molecular complexity index is 1630. The molecule has 5 rings (SSSR count). The van der Waals surface area contributed by atoms with Gasteiger partial charge in [0.05, 0.1) is 26.4 Å². The van der Waals surface area contributed by atoms with E-state index < -0.39 is 61.0 Å². The average molecular weight is 706 g/mol. The van der Waals surface area contributed by atoms with Crippen LogP contribution >= 0.6 is 0 Å². The molecule has 0 unspecified atom stereocenters. The first-order chi connectivity index (χ1) is 24.7. The summed E-state index contributed by atoms with van der Waals surface area (Å²) in [6, 6.07) is 33.9. The van der Waals surface area contributed by atoms with E-state index in [9.17, 15) is 19.8 Å². The normalized spacial score (nSPS) is 21.0. The van der Waals surface area contributed by atoms with Gasteiger partial charge in [0.15, 0.2) is 0 Å². The summed E-state index contributed by atoms with van der Waals surface area (Å²) in [4.78, 5) is 24.6. The van der Waals surface area contributed by atoms with Crippen molar-refractivity contribution in [2.75, 3.05) is 6.61 Å². The standard InChI is InChI=1S/C39H41F2NO9/c40-39(41,21-31(37(44)45)42-38(46)50-25-30-19-11-4-12-20-30)36-33(43)35(49-24-29-17-9-3-10-18-29)34(48-23-28-15-7-2-8-16-28)32(51-36)26-47-22-27-13-5-1-6-14-27/h1-20,31-36,43H,21-26H2,(H,42,46)(H,44,45)/t31-,32+,33+,34-,35+,36-/m0/s1. The SMILES string of the molecule is O=C(N[C@@H](CC(F)(F)[C@H]1O[C@H](COCc2ccccc2)[C@H](OCc2ccccc2)[C@H](OCc2ccccc2)[C@H]1O)C(=O)O)OCc1ccccc1. The summed E-state index contributed by atoms with van der Waals surface area (Å²) < 4.78 is 61.8. The maximum absolute atomic E-state index is 16.3. The molecule has 1 fully saturated rings. The summed E-state index contributed by atoms with van der Waals surface area (Å²) in [7, 11) is 0. The van der Waals surface area contributed by atoms with Crippen LogP contribution in [0.25, 0.3) is 0 Å². The van der Waals surface area contributed by atoms with E-state index in [1.807, 2.05) is 72.0 Å². The predicted octanol–water partition coefficient (Wildman–Crippen LogP) is 5.91. The number of carbonyl (C=O) groups is 2. The summed E-state index contributed by atoms with van der Waals surface area (Å²) >= 11 is 0. The van der Waals surface area contributed by atoms with Crippen molar-refractivity contribution in [2.24, 2.45) is 0 Å². The van der Waals surface area contributed by atoms with Crippen molar-refractivity contribution in [2.45, 2.75) is 75.3 Å². The molecule has 4 aromatic carbocycles. The molecule has 51 heavy (non-hydrogen) atoms. The van der Waals surface area contributed by atoms with Gasteiger partial charge >= 0.3 is 12.1 Å². The summed E-state index contributed by atoms with van der Waals surface area (Å²) in [5.41, 5.74) is 2.97. The van der Waals surface area contributed by atoms with E-state index >= 15 is 8.78 Å². The molecule has 3 N–H and O–H groups in total. The minimum Gasteiger partial charge on any atom is -0.480 e. The third kappa shape index (κ3) is 11.1. The molecule has 1 heterocycles. The quantitative estimate of drug-likeness (QED) is 0.123. The van der Waals surface area contributed by atoms with Crippen molar-refractivity contribution in [3.05, 3.63) is 144 Å². The first-order valence-corrected chi connectivity index (χ1v) is 16.5. The van der Waals surface area contributed by atoms with Crippen LogP contribution in [0.2, 0.25) is 0 Å². The Morgan fingerprint density at radius 2 is 1.16 bits per heavy atom. The third-order valence-electron chi connectivity index (χ3n) is 8.32. The Balaban J connectivity index is 1.36. The molecule has 0 bridgehead atoms. The van der Waals surface area contributed by atoms with Crippen LogP contribution in [0.1, 0.15) is 28.7 Å². The highest BCUT2D eigenvalue weighted by Crippen LogP contribution is 2.38. The largest absolute Gasteiger partial charge is 0.480 e. The smallest absolute Gasteiger partial charge is 0.408 e. The molecule has 4 aromatic rings. The molecule has 1 saturated heterocycles. The first kappa shape index (κ1) is 37.5. The molecule has 0 aliphatic carbocycles. The first-order valence-electron chi connectivity index (χ1n) is 16.5. The zero-order valence-corrected chi connectivity index (χ0v) is 27.8. The van der Waals surface area contributed by atoms with Crippen molar-refractivity contribution in [1.29, 1.82) is 0 Å². The fourth-order valence-electron chi connectivity index (χ4n) is 5.70. The lowest BCUT2D eigenvalue weighted by Gasteiger charge is -2.46. The van der Waals surface area contributed by atoms with Crippen LogP contribution in [0, 0.1) is 0 Å². The number of alkyl carbamates (subject to hydrolysis) is 1. The number of nitrogens with one attached hydrogen (secondary N) is 1. The van der Waals surface area contributed by atoms with E-state index in [4.69, 9.17) is 23.7 Å². The number of rotatable bonds is 17. The Labute approximate surface area is 294 Å². The van der Waals surface area contributed by atoms with Crippen molar-refractivity contribution < 1.29 is 52.3 Å². The summed E-state index contributed by atoms with van der Waals surface area (Å²) in [6.07, 6.45) is -10.5. The Kier molecular flexibility index (Phi) is 13.6. The number of alkyl halides is 2. The van der Waals surface area contributed by atoms with Gasteiger partial charge in [-0.25, -0.2) is 18.4 Å². The Hall–Kier alpha value is -4.72. The minimum atomic E-state index is -3.99. The molecular formula is C39H41F2NO9. The van der Waals surface area contributed by atoms with Crippen LogP contribution < -0.4 is 5.32 Å². The van der Waals surface area contributed by atoms with Gasteiger partial charge in [-0.1, -0.05) is 121 Å². The predicted molar refractivity (Wildman–Crippen MR) is 182 cm³/mol. The van der Waals surface area contributed by atoms with Gasteiger partial charge in [0.25, 0.3) is 5.92 Å². The molecule has 1 aliphatic heterocycles. The van der Waals surface area contributed by atoms with E-state index in [0.29, 0.717) is 5.56 Å². The van der Waals surface area contributed by atoms with Gasteiger partial charge in [-0.15, -0.1) is 0 Å². The van der Waals surface area contributed by atoms with E-state index in [2.05, 4.69) is 0 Å². The highest BCUT2D eigenvalue weighted by atomic mass is 19.3. The maximum Gasteiger partial charge on any atom is 0.408 e. The number of aliphatic hydroxyl groups is 1. The molecule has 0 spiro atoms. The van der Waals surface area contributed by atoms with Gasteiger partial charge < -0.3 is 39.2 Å². The molecule has 6 atom stereocenters. The van der Waals surface area contributed by atoms with Gasteiger partial charge in [-0.2, -0.15) is 0 Å². The van der Waals surface area contributed by atoms with Crippen molar-refractivity contribution in [3.63, 3.8) is 0 Å². The van der Waals surface area contributed by atoms with Crippen LogP contribution in [-0.2, 0) is 54.9 Å². The molecule has 0 saturated carbocycles. The third-order valence-corrected chi connectivity index (χ3v) is 8.32. The number of hydrogen-bond acceptors (Lipinski definition) is 8. The monoisotopic (exact) mass is 705 g/mol. The van der Waals surface area contributed by atoms with Gasteiger partial charge in [0, 0.05) is 6.42 Å². The zero-order valence-electron chi connectivity index (χ0n) is 27.8. The number of carboxylic acids is 1. The zero-order chi connectivity index (χ0) is 36.1. The number of aliphatic carboxylic acids is 1. The number of carbonyl (C=O) groups excluding carboxylic acids is 1. The second kappa shape index (κ2) is 18.5. The number of aliphatic hydroxyl groups excluding tert-OH is 1. The fourth-order valence-corrected chi connectivity index (χ4v) is 5.70. The molecule has 1 amide bonds. The Morgan fingerprint density at radius 3 is 1.65 bits per heavy atom. The molecule has 0 radical (unpaired) electrons. The number of halogens is 2. The van der Waals surface area contributed by atoms with Crippen molar-refractivity contribution >= 4 is 12.1 Å². The molecule has 10 nitrogen and oxygen atoms in total. The van der Waals surface area contributed by atoms with Gasteiger partial charge in [-0.3, -0.25) is 0 Å². The van der Waals surface area contributed by atoms with Crippen LogP contribution in [0.4, 0.5) is 13.6 Å². The molecular weight excluding hydrogens is 664 g/mol. The molecule has 12 heteroatoms. The number of hydrogen-bond donors (Lipinski definition) is 3. The second-order valence-corrected chi connectivity index (χ2v) is 12.2. The van der Waals surface area contributed by atoms with E-state index in [1.54, 1.807) is 54.6 Å². The van der Waals surface area contributed by atoms with E-state index in [-0.39, 0.29) is 33.0 Å². The lowest BCUT2D eigenvalue weighted by Crippen LogP contribution is -2.65. The lowest BCUT2D eigenvalue weighted by atomic mass is 9.89. The summed E-state index contributed by atoms with van der Waals surface area (Å²) in [5, 5.41) is 23.4. The number of ether oxygens (including phenoxy) is 5. The number of amides is 1. The number of carboxylic acid groups (broad SMARTS) is 1. The highest BCUT2D eigenvalue weighted by Gasteiger charge is 2.57. The topological polar surface area (TPSA) is 133 Å².